The van der Waals surface area contributed by atoms with Gasteiger partial charge in [-0.25, -0.2) is 9.97 Å². The number of hydrogen-bond donors (Lipinski definition) is 2. The second-order valence-electron chi connectivity index (χ2n) is 4.33. The number of anilines is 2. The molecule has 0 aliphatic carbocycles. The normalized spacial score (nSPS) is 14.0. The smallest absolute Gasteiger partial charge is 0.228 e. The minimum Gasteiger partial charge on any atom is -0.324 e. The summed E-state index contributed by atoms with van der Waals surface area (Å²) in [5.74, 6) is 0.507. The molecule has 0 amide bonds. The van der Waals surface area contributed by atoms with Crippen LogP contribution in [0.3, 0.4) is 0 Å². The maximum atomic E-state index is 6.19. The van der Waals surface area contributed by atoms with Gasteiger partial charge >= 0.3 is 0 Å². The fraction of sp³-hybridized carbons (Fsp3) is 0.231. The van der Waals surface area contributed by atoms with Crippen molar-refractivity contribution in [3.05, 3.63) is 45.7 Å². The molecule has 0 spiro atoms. The van der Waals surface area contributed by atoms with Crippen LogP contribution in [0.4, 0.5) is 11.6 Å². The second kappa shape index (κ2) is 5.33. The Morgan fingerprint density at radius 2 is 2.11 bits per heavy atom. The van der Waals surface area contributed by atoms with E-state index in [4.69, 9.17) is 23.2 Å². The van der Waals surface area contributed by atoms with Crippen molar-refractivity contribution in [3.8, 4) is 0 Å². The number of halogens is 2. The second-order valence-corrected chi connectivity index (χ2v) is 5.12. The van der Waals surface area contributed by atoms with Crippen molar-refractivity contribution in [2.75, 3.05) is 11.9 Å². The highest BCUT2D eigenvalue weighted by Crippen LogP contribution is 2.24. The van der Waals surface area contributed by atoms with Gasteiger partial charge in [-0.1, -0.05) is 29.3 Å². The van der Waals surface area contributed by atoms with Crippen molar-refractivity contribution in [2.45, 2.75) is 13.0 Å². The highest BCUT2D eigenvalue weighted by molar-refractivity contribution is 6.31. The minimum absolute atomic E-state index is 0.502. The SMILES string of the molecule is Clc1cccc(Nc2nc(Cl)c3c(n2)CCNC3)c1. The molecule has 19 heavy (non-hydrogen) atoms. The maximum absolute atomic E-state index is 6.19. The van der Waals surface area contributed by atoms with E-state index in [-0.39, 0.29) is 0 Å². The number of aromatic nitrogens is 2. The molecule has 0 saturated carbocycles. The van der Waals surface area contributed by atoms with Crippen molar-refractivity contribution in [1.82, 2.24) is 15.3 Å². The van der Waals surface area contributed by atoms with E-state index in [0.717, 1.165) is 36.5 Å². The van der Waals surface area contributed by atoms with Gasteiger partial charge in [0.15, 0.2) is 0 Å². The predicted octanol–water partition coefficient (Wildman–Crippen LogP) is 3.17. The third kappa shape index (κ3) is 2.81. The zero-order valence-electron chi connectivity index (χ0n) is 10.1. The number of benzene rings is 1. The van der Waals surface area contributed by atoms with Gasteiger partial charge in [-0.3, -0.25) is 0 Å². The summed E-state index contributed by atoms with van der Waals surface area (Å²) in [5, 5.41) is 7.55. The Morgan fingerprint density at radius 1 is 1.21 bits per heavy atom. The molecule has 1 aromatic heterocycles. The molecule has 0 radical (unpaired) electrons. The molecule has 0 atom stereocenters. The molecule has 4 nitrogen and oxygen atoms in total. The average Bonchev–Trinajstić information content (AvgIpc) is 2.39. The van der Waals surface area contributed by atoms with Crippen molar-refractivity contribution >= 4 is 34.8 Å². The number of rotatable bonds is 2. The van der Waals surface area contributed by atoms with Crippen LogP contribution >= 0.6 is 23.2 Å². The molecule has 3 rings (SSSR count). The molecular formula is C13H12Cl2N4. The number of fused-ring (bicyclic) bond motifs is 1. The Kier molecular flexibility index (Phi) is 3.55. The van der Waals surface area contributed by atoms with Gasteiger partial charge in [0.25, 0.3) is 0 Å². The van der Waals surface area contributed by atoms with E-state index in [2.05, 4.69) is 20.6 Å². The van der Waals surface area contributed by atoms with E-state index < -0.39 is 0 Å². The number of nitrogens with one attached hydrogen (secondary N) is 2. The molecule has 1 aliphatic heterocycles. The fourth-order valence-corrected chi connectivity index (χ4v) is 2.50. The molecular weight excluding hydrogens is 283 g/mol. The Balaban J connectivity index is 1.91. The van der Waals surface area contributed by atoms with Crippen molar-refractivity contribution in [2.24, 2.45) is 0 Å². The van der Waals surface area contributed by atoms with Crippen LogP contribution in [-0.4, -0.2) is 16.5 Å². The molecule has 0 unspecified atom stereocenters. The van der Waals surface area contributed by atoms with Crippen LogP contribution in [0, 0.1) is 0 Å². The van der Waals surface area contributed by atoms with Gasteiger partial charge in [0.1, 0.15) is 5.15 Å². The highest BCUT2D eigenvalue weighted by Gasteiger charge is 2.16. The molecule has 98 valence electrons. The molecule has 1 aliphatic rings. The van der Waals surface area contributed by atoms with Gasteiger partial charge in [0, 0.05) is 35.8 Å². The summed E-state index contributed by atoms with van der Waals surface area (Å²) in [6, 6.07) is 7.41. The Labute approximate surface area is 121 Å². The number of nitrogens with zero attached hydrogens (tertiary/aromatic N) is 2. The summed E-state index contributed by atoms with van der Waals surface area (Å²) < 4.78 is 0. The third-order valence-electron chi connectivity index (χ3n) is 2.96. The summed E-state index contributed by atoms with van der Waals surface area (Å²) >= 11 is 12.1. The first kappa shape index (κ1) is 12.7. The lowest BCUT2D eigenvalue weighted by Crippen LogP contribution is -2.25. The van der Waals surface area contributed by atoms with Gasteiger partial charge in [0.05, 0.1) is 5.69 Å². The van der Waals surface area contributed by atoms with Crippen LogP contribution < -0.4 is 10.6 Å². The van der Waals surface area contributed by atoms with E-state index in [9.17, 15) is 0 Å². The van der Waals surface area contributed by atoms with E-state index in [1.54, 1.807) is 0 Å². The highest BCUT2D eigenvalue weighted by atomic mass is 35.5. The van der Waals surface area contributed by atoms with Crippen LogP contribution in [0.15, 0.2) is 24.3 Å². The predicted molar refractivity (Wildman–Crippen MR) is 77.2 cm³/mol. The van der Waals surface area contributed by atoms with Crippen LogP contribution in [0.2, 0.25) is 10.2 Å². The first-order chi connectivity index (χ1) is 9.22. The Morgan fingerprint density at radius 3 is 2.95 bits per heavy atom. The maximum Gasteiger partial charge on any atom is 0.228 e. The lowest BCUT2D eigenvalue weighted by molar-refractivity contribution is 0.627. The number of hydrogen-bond acceptors (Lipinski definition) is 4. The largest absolute Gasteiger partial charge is 0.324 e. The van der Waals surface area contributed by atoms with E-state index >= 15 is 0 Å². The Bertz CT molecular complexity index is 616. The van der Waals surface area contributed by atoms with E-state index in [1.165, 1.54) is 0 Å². The van der Waals surface area contributed by atoms with E-state index in [0.29, 0.717) is 16.1 Å². The Hall–Kier alpha value is -1.36. The zero-order chi connectivity index (χ0) is 13.2. The van der Waals surface area contributed by atoms with Crippen LogP contribution in [0.1, 0.15) is 11.3 Å². The van der Waals surface area contributed by atoms with Gasteiger partial charge in [-0.2, -0.15) is 0 Å². The zero-order valence-corrected chi connectivity index (χ0v) is 11.6. The molecule has 0 fully saturated rings. The van der Waals surface area contributed by atoms with Crippen LogP contribution in [0.5, 0.6) is 0 Å². The molecule has 6 heteroatoms. The molecule has 0 saturated heterocycles. The molecule has 0 bridgehead atoms. The van der Waals surface area contributed by atoms with Gasteiger partial charge in [-0.05, 0) is 18.2 Å². The van der Waals surface area contributed by atoms with Crippen LogP contribution in [0.25, 0.3) is 0 Å². The summed E-state index contributed by atoms with van der Waals surface area (Å²) in [6.45, 7) is 1.64. The molecule has 1 aromatic carbocycles. The third-order valence-corrected chi connectivity index (χ3v) is 3.51. The first-order valence-electron chi connectivity index (χ1n) is 6.01. The standard InChI is InChI=1S/C13H12Cl2N4/c14-8-2-1-3-9(6-8)17-13-18-11-4-5-16-7-10(11)12(15)19-13/h1-3,6,16H,4-5,7H2,(H,17,18,19). The lowest BCUT2D eigenvalue weighted by Gasteiger charge is -2.18. The van der Waals surface area contributed by atoms with Gasteiger partial charge < -0.3 is 10.6 Å². The van der Waals surface area contributed by atoms with Crippen LogP contribution in [-0.2, 0) is 13.0 Å². The quantitative estimate of drug-likeness (QED) is 0.836. The average molecular weight is 295 g/mol. The molecule has 2 heterocycles. The first-order valence-corrected chi connectivity index (χ1v) is 6.76. The summed E-state index contributed by atoms with van der Waals surface area (Å²) in [4.78, 5) is 8.78. The topological polar surface area (TPSA) is 49.8 Å². The minimum atomic E-state index is 0.502. The van der Waals surface area contributed by atoms with E-state index in [1.807, 2.05) is 24.3 Å². The van der Waals surface area contributed by atoms with Crippen molar-refractivity contribution in [1.29, 1.82) is 0 Å². The van der Waals surface area contributed by atoms with Gasteiger partial charge in [0.2, 0.25) is 5.95 Å². The van der Waals surface area contributed by atoms with Crippen molar-refractivity contribution < 1.29 is 0 Å². The molecule has 2 N–H and O–H groups in total. The summed E-state index contributed by atoms with van der Waals surface area (Å²) in [5.41, 5.74) is 2.84. The summed E-state index contributed by atoms with van der Waals surface area (Å²) in [7, 11) is 0. The molecule has 2 aromatic rings. The van der Waals surface area contributed by atoms with Crippen molar-refractivity contribution in [3.63, 3.8) is 0 Å². The fourth-order valence-electron chi connectivity index (χ4n) is 2.05. The summed E-state index contributed by atoms with van der Waals surface area (Å²) in [6.07, 6.45) is 0.863. The lowest BCUT2D eigenvalue weighted by atomic mass is 10.1. The monoisotopic (exact) mass is 294 g/mol. The van der Waals surface area contributed by atoms with Gasteiger partial charge in [-0.15, -0.1) is 0 Å².